The Bertz CT molecular complexity index is 824. The van der Waals surface area contributed by atoms with Crippen molar-refractivity contribution in [2.75, 3.05) is 5.32 Å². The number of rotatable bonds is 6. The minimum absolute atomic E-state index is 0.00884. The van der Waals surface area contributed by atoms with Crippen LogP contribution in [0.3, 0.4) is 0 Å². The predicted molar refractivity (Wildman–Crippen MR) is 96.8 cm³/mol. The van der Waals surface area contributed by atoms with Gasteiger partial charge in [-0.15, -0.1) is 0 Å². The van der Waals surface area contributed by atoms with Crippen LogP contribution < -0.4 is 5.32 Å². The van der Waals surface area contributed by atoms with E-state index < -0.39 is 28.8 Å². The average Bonchev–Trinajstić information content (AvgIpc) is 2.61. The SMILES string of the molecule is CC(C)C(=O)OC(C(=O)Nc1ccc([N+](=O)[O-])cc1Cl)c1ccccc1. The summed E-state index contributed by atoms with van der Waals surface area (Å²) in [7, 11) is 0. The second-order valence-electron chi connectivity index (χ2n) is 5.79. The Kier molecular flexibility index (Phi) is 6.30. The number of carbonyl (C=O) groups is 2. The molecule has 2 aromatic rings. The molecule has 1 amide bonds. The van der Waals surface area contributed by atoms with Crippen molar-refractivity contribution in [1.82, 2.24) is 0 Å². The molecule has 0 heterocycles. The number of ether oxygens (including phenoxy) is 1. The molecule has 0 radical (unpaired) electrons. The van der Waals surface area contributed by atoms with Gasteiger partial charge in [-0.3, -0.25) is 19.7 Å². The normalized spacial score (nSPS) is 11.7. The highest BCUT2D eigenvalue weighted by atomic mass is 35.5. The van der Waals surface area contributed by atoms with E-state index in [1.165, 1.54) is 12.1 Å². The number of halogens is 1. The van der Waals surface area contributed by atoms with Gasteiger partial charge in [-0.25, -0.2) is 0 Å². The molecule has 26 heavy (non-hydrogen) atoms. The van der Waals surface area contributed by atoms with Crippen molar-refractivity contribution in [3.63, 3.8) is 0 Å². The fraction of sp³-hybridized carbons (Fsp3) is 0.222. The average molecular weight is 377 g/mol. The first-order chi connectivity index (χ1) is 12.3. The van der Waals surface area contributed by atoms with Gasteiger partial charge in [0, 0.05) is 17.7 Å². The predicted octanol–water partition coefficient (Wildman–Crippen LogP) is 4.13. The summed E-state index contributed by atoms with van der Waals surface area (Å²) in [5.41, 5.74) is 0.486. The number of nitro groups is 1. The van der Waals surface area contributed by atoms with Gasteiger partial charge in [0.05, 0.1) is 21.6 Å². The Labute approximate surface area is 155 Å². The first-order valence-electron chi connectivity index (χ1n) is 7.80. The fourth-order valence-corrected chi connectivity index (χ4v) is 2.29. The van der Waals surface area contributed by atoms with Crippen molar-refractivity contribution < 1.29 is 19.2 Å². The second-order valence-corrected chi connectivity index (χ2v) is 6.20. The molecule has 0 saturated heterocycles. The van der Waals surface area contributed by atoms with Crippen molar-refractivity contribution in [1.29, 1.82) is 0 Å². The van der Waals surface area contributed by atoms with Gasteiger partial charge < -0.3 is 10.1 Å². The van der Waals surface area contributed by atoms with E-state index in [2.05, 4.69) is 5.32 Å². The number of non-ortho nitro benzene ring substituents is 1. The van der Waals surface area contributed by atoms with Gasteiger partial charge in [-0.2, -0.15) is 0 Å². The molecule has 0 aliphatic rings. The fourth-order valence-electron chi connectivity index (χ4n) is 2.07. The van der Waals surface area contributed by atoms with Gasteiger partial charge in [0.25, 0.3) is 11.6 Å². The van der Waals surface area contributed by atoms with E-state index in [1.54, 1.807) is 44.2 Å². The van der Waals surface area contributed by atoms with E-state index >= 15 is 0 Å². The lowest BCUT2D eigenvalue weighted by atomic mass is 10.1. The molecule has 0 aromatic heterocycles. The molecule has 1 atom stereocenters. The molecule has 2 aromatic carbocycles. The zero-order valence-corrected chi connectivity index (χ0v) is 14.9. The first-order valence-corrected chi connectivity index (χ1v) is 8.17. The van der Waals surface area contributed by atoms with Crippen molar-refractivity contribution in [2.24, 2.45) is 5.92 Å². The van der Waals surface area contributed by atoms with E-state index in [0.29, 0.717) is 5.56 Å². The molecule has 0 aliphatic carbocycles. The number of carbonyl (C=O) groups excluding carboxylic acids is 2. The van der Waals surface area contributed by atoms with Gasteiger partial charge in [-0.1, -0.05) is 55.8 Å². The Balaban J connectivity index is 2.26. The quantitative estimate of drug-likeness (QED) is 0.464. The van der Waals surface area contributed by atoms with E-state index in [-0.39, 0.29) is 16.4 Å². The maximum Gasteiger partial charge on any atom is 0.309 e. The molecule has 0 fully saturated rings. The van der Waals surface area contributed by atoms with Crippen LogP contribution in [-0.4, -0.2) is 16.8 Å². The number of benzene rings is 2. The molecule has 0 spiro atoms. The number of nitrogens with zero attached hydrogens (tertiary/aromatic N) is 1. The lowest BCUT2D eigenvalue weighted by Crippen LogP contribution is -2.27. The van der Waals surface area contributed by atoms with E-state index in [0.717, 1.165) is 6.07 Å². The molecular formula is C18H17ClN2O5. The van der Waals surface area contributed by atoms with Crippen LogP contribution in [0.4, 0.5) is 11.4 Å². The number of esters is 1. The monoisotopic (exact) mass is 376 g/mol. The minimum Gasteiger partial charge on any atom is -0.447 e. The van der Waals surface area contributed by atoms with Crippen LogP contribution in [0, 0.1) is 16.0 Å². The zero-order valence-electron chi connectivity index (χ0n) is 14.1. The van der Waals surface area contributed by atoms with Crippen molar-refractivity contribution in [3.05, 3.63) is 69.2 Å². The maximum absolute atomic E-state index is 12.7. The third kappa shape index (κ3) is 4.80. The molecular weight excluding hydrogens is 360 g/mol. The van der Waals surface area contributed by atoms with E-state index in [4.69, 9.17) is 16.3 Å². The number of nitro benzene ring substituents is 1. The summed E-state index contributed by atoms with van der Waals surface area (Å²) in [6.07, 6.45) is -1.17. The summed E-state index contributed by atoms with van der Waals surface area (Å²) in [4.78, 5) is 34.8. The van der Waals surface area contributed by atoms with Crippen LogP contribution in [-0.2, 0) is 14.3 Å². The van der Waals surface area contributed by atoms with Crippen LogP contribution in [0.15, 0.2) is 48.5 Å². The summed E-state index contributed by atoms with van der Waals surface area (Å²) in [5, 5.41) is 13.3. The highest BCUT2D eigenvalue weighted by Crippen LogP contribution is 2.28. The Morgan fingerprint density at radius 1 is 1.15 bits per heavy atom. The van der Waals surface area contributed by atoms with Gasteiger partial charge in [-0.05, 0) is 6.07 Å². The number of hydrogen-bond donors (Lipinski definition) is 1. The highest BCUT2D eigenvalue weighted by Gasteiger charge is 2.27. The summed E-state index contributed by atoms with van der Waals surface area (Å²) >= 11 is 6.00. The van der Waals surface area contributed by atoms with E-state index in [9.17, 15) is 19.7 Å². The number of amides is 1. The van der Waals surface area contributed by atoms with Crippen LogP contribution in [0.25, 0.3) is 0 Å². The second kappa shape index (κ2) is 8.44. The van der Waals surface area contributed by atoms with Gasteiger partial charge in [0.1, 0.15) is 0 Å². The van der Waals surface area contributed by atoms with Crippen molar-refractivity contribution >= 4 is 34.9 Å². The third-order valence-corrected chi connectivity index (χ3v) is 3.78. The lowest BCUT2D eigenvalue weighted by Gasteiger charge is -2.19. The number of anilines is 1. The molecule has 2 rings (SSSR count). The van der Waals surface area contributed by atoms with Crippen LogP contribution in [0.5, 0.6) is 0 Å². The lowest BCUT2D eigenvalue weighted by molar-refractivity contribution is -0.384. The standard InChI is InChI=1S/C18H17ClN2O5/c1-11(2)18(23)26-16(12-6-4-3-5-7-12)17(22)20-15-9-8-13(21(24)25)10-14(15)19/h3-11,16H,1-2H3,(H,20,22). The van der Waals surface area contributed by atoms with E-state index in [1.807, 2.05) is 0 Å². The highest BCUT2D eigenvalue weighted by molar-refractivity contribution is 6.34. The summed E-state index contributed by atoms with van der Waals surface area (Å²) < 4.78 is 5.33. The summed E-state index contributed by atoms with van der Waals surface area (Å²) in [6.45, 7) is 3.32. The zero-order chi connectivity index (χ0) is 19.3. The molecule has 0 aliphatic heterocycles. The number of hydrogen-bond acceptors (Lipinski definition) is 5. The minimum atomic E-state index is -1.17. The third-order valence-electron chi connectivity index (χ3n) is 3.47. The van der Waals surface area contributed by atoms with Crippen LogP contribution >= 0.6 is 11.6 Å². The first kappa shape index (κ1) is 19.4. The summed E-state index contributed by atoms with van der Waals surface area (Å²) in [5.74, 6) is -1.54. The maximum atomic E-state index is 12.7. The van der Waals surface area contributed by atoms with Gasteiger partial charge in [0.15, 0.2) is 0 Å². The van der Waals surface area contributed by atoms with Crippen molar-refractivity contribution in [3.8, 4) is 0 Å². The molecule has 0 bridgehead atoms. The topological polar surface area (TPSA) is 98.5 Å². The Hall–Kier alpha value is -2.93. The molecule has 7 nitrogen and oxygen atoms in total. The Morgan fingerprint density at radius 3 is 2.35 bits per heavy atom. The van der Waals surface area contributed by atoms with Gasteiger partial charge >= 0.3 is 5.97 Å². The smallest absolute Gasteiger partial charge is 0.309 e. The summed E-state index contributed by atoms with van der Waals surface area (Å²) in [6, 6.07) is 12.2. The van der Waals surface area contributed by atoms with Crippen molar-refractivity contribution in [2.45, 2.75) is 20.0 Å². The molecule has 1 N–H and O–H groups in total. The largest absolute Gasteiger partial charge is 0.447 e. The number of nitrogens with one attached hydrogen (secondary N) is 1. The molecule has 136 valence electrons. The van der Waals surface area contributed by atoms with Gasteiger partial charge in [0.2, 0.25) is 6.10 Å². The molecule has 1 unspecified atom stereocenters. The van der Waals surface area contributed by atoms with Crippen LogP contribution in [0.1, 0.15) is 25.5 Å². The molecule has 8 heteroatoms. The van der Waals surface area contributed by atoms with Crippen LogP contribution in [0.2, 0.25) is 5.02 Å². The molecule has 0 saturated carbocycles. The Morgan fingerprint density at radius 2 is 1.81 bits per heavy atom.